The first-order valence-corrected chi connectivity index (χ1v) is 7.87. The molecule has 2 rings (SSSR count). The Morgan fingerprint density at radius 1 is 1.45 bits per heavy atom. The van der Waals surface area contributed by atoms with E-state index in [4.69, 9.17) is 16.3 Å². The van der Waals surface area contributed by atoms with Gasteiger partial charge in [0, 0.05) is 31.1 Å². The third-order valence-electron chi connectivity index (χ3n) is 3.59. The minimum Gasteiger partial charge on any atom is -0.484 e. The van der Waals surface area contributed by atoms with Crippen molar-refractivity contribution in [3.63, 3.8) is 0 Å². The molecule has 0 atom stereocenters. The molecule has 1 fully saturated rings. The number of halogens is 1. The van der Waals surface area contributed by atoms with Crippen molar-refractivity contribution in [1.82, 2.24) is 10.2 Å². The van der Waals surface area contributed by atoms with Crippen molar-refractivity contribution >= 4 is 23.4 Å². The molecule has 1 aromatic rings. The van der Waals surface area contributed by atoms with Gasteiger partial charge in [0.2, 0.25) is 5.91 Å². The molecule has 0 spiro atoms. The van der Waals surface area contributed by atoms with Crippen LogP contribution in [-0.4, -0.2) is 43.0 Å². The first-order chi connectivity index (χ1) is 10.6. The molecule has 6 heteroatoms. The van der Waals surface area contributed by atoms with E-state index in [9.17, 15) is 9.59 Å². The van der Waals surface area contributed by atoms with Gasteiger partial charge < -0.3 is 15.0 Å². The summed E-state index contributed by atoms with van der Waals surface area (Å²) in [6.45, 7) is 3.95. The van der Waals surface area contributed by atoms with Gasteiger partial charge in [0.05, 0.1) is 0 Å². The number of hydrogen-bond acceptors (Lipinski definition) is 3. The van der Waals surface area contributed by atoms with Crippen LogP contribution in [0.5, 0.6) is 5.75 Å². The molecule has 1 aromatic carbocycles. The van der Waals surface area contributed by atoms with E-state index in [2.05, 4.69) is 5.32 Å². The normalized spacial score (nSPS) is 14.3. The van der Waals surface area contributed by atoms with E-state index in [-0.39, 0.29) is 18.4 Å². The number of rotatable bonds is 7. The molecule has 120 valence electrons. The summed E-state index contributed by atoms with van der Waals surface area (Å²) < 4.78 is 5.47. The Hall–Kier alpha value is -1.75. The van der Waals surface area contributed by atoms with Gasteiger partial charge in [-0.05, 0) is 43.5 Å². The van der Waals surface area contributed by atoms with Crippen molar-refractivity contribution in [2.45, 2.75) is 26.2 Å². The van der Waals surface area contributed by atoms with Crippen LogP contribution in [-0.2, 0) is 9.59 Å². The molecule has 0 bridgehead atoms. The van der Waals surface area contributed by atoms with Crippen LogP contribution in [0.2, 0.25) is 5.02 Å². The molecular formula is C16H21ClN2O3. The van der Waals surface area contributed by atoms with Gasteiger partial charge in [-0.3, -0.25) is 9.59 Å². The van der Waals surface area contributed by atoms with Gasteiger partial charge in [-0.1, -0.05) is 11.6 Å². The Kier molecular flexibility index (Phi) is 6.07. The molecule has 0 aromatic heterocycles. The summed E-state index contributed by atoms with van der Waals surface area (Å²) in [5.74, 6) is 0.706. The zero-order valence-corrected chi connectivity index (χ0v) is 13.5. The minimum atomic E-state index is -0.165. The lowest BCUT2D eigenvalue weighted by molar-refractivity contribution is -0.127. The van der Waals surface area contributed by atoms with Crippen LogP contribution in [0.4, 0.5) is 0 Å². The number of nitrogens with zero attached hydrogens (tertiary/aromatic N) is 1. The molecule has 0 aliphatic carbocycles. The first kappa shape index (κ1) is 16.6. The predicted octanol–water partition coefficient (Wildman–Crippen LogP) is 2.16. The summed E-state index contributed by atoms with van der Waals surface area (Å²) in [4.78, 5) is 25.0. The molecule has 0 radical (unpaired) electrons. The van der Waals surface area contributed by atoms with Gasteiger partial charge in [0.15, 0.2) is 6.61 Å². The highest BCUT2D eigenvalue weighted by Gasteiger charge is 2.19. The lowest BCUT2D eigenvalue weighted by Gasteiger charge is -2.15. The van der Waals surface area contributed by atoms with E-state index in [0.717, 1.165) is 24.9 Å². The lowest BCUT2D eigenvalue weighted by Crippen LogP contribution is -2.33. The summed E-state index contributed by atoms with van der Waals surface area (Å²) >= 11 is 5.87. The summed E-state index contributed by atoms with van der Waals surface area (Å²) in [6, 6.07) is 5.28. The average molecular weight is 325 g/mol. The number of amides is 2. The average Bonchev–Trinajstić information content (AvgIpc) is 2.88. The molecular weight excluding hydrogens is 304 g/mol. The maximum Gasteiger partial charge on any atom is 0.257 e. The number of carbonyl (C=O) groups excluding carboxylic acids is 2. The number of ether oxygens (including phenoxy) is 1. The van der Waals surface area contributed by atoms with E-state index in [1.807, 2.05) is 11.8 Å². The van der Waals surface area contributed by atoms with E-state index < -0.39 is 0 Å². The second-order valence-corrected chi connectivity index (χ2v) is 5.82. The van der Waals surface area contributed by atoms with Gasteiger partial charge >= 0.3 is 0 Å². The van der Waals surface area contributed by atoms with Crippen molar-refractivity contribution in [2.75, 3.05) is 26.2 Å². The van der Waals surface area contributed by atoms with E-state index in [0.29, 0.717) is 30.3 Å². The molecule has 1 N–H and O–H groups in total. The Balaban J connectivity index is 1.62. The number of nitrogens with one attached hydrogen (secondary N) is 1. The largest absolute Gasteiger partial charge is 0.484 e. The fourth-order valence-electron chi connectivity index (χ4n) is 2.41. The second kappa shape index (κ2) is 8.03. The molecule has 2 amide bonds. The quantitative estimate of drug-likeness (QED) is 0.782. The zero-order valence-electron chi connectivity index (χ0n) is 12.7. The number of likely N-dealkylation sites (tertiary alicyclic amines) is 1. The molecule has 0 unspecified atom stereocenters. The monoisotopic (exact) mass is 324 g/mol. The molecule has 1 aliphatic rings. The molecule has 1 heterocycles. The van der Waals surface area contributed by atoms with E-state index >= 15 is 0 Å². The van der Waals surface area contributed by atoms with Crippen LogP contribution in [0.1, 0.15) is 24.8 Å². The van der Waals surface area contributed by atoms with Gasteiger partial charge in [-0.2, -0.15) is 0 Å². The SMILES string of the molecule is Cc1cc(Cl)ccc1OCC(=O)NCCCN1CCCC1=O. The Morgan fingerprint density at radius 2 is 2.27 bits per heavy atom. The van der Waals surface area contributed by atoms with Gasteiger partial charge in [0.1, 0.15) is 5.75 Å². The highest BCUT2D eigenvalue weighted by Crippen LogP contribution is 2.21. The fourth-order valence-corrected chi connectivity index (χ4v) is 2.63. The van der Waals surface area contributed by atoms with Crippen molar-refractivity contribution in [2.24, 2.45) is 0 Å². The van der Waals surface area contributed by atoms with Crippen LogP contribution < -0.4 is 10.1 Å². The third kappa shape index (κ3) is 4.91. The number of hydrogen-bond donors (Lipinski definition) is 1. The van der Waals surface area contributed by atoms with Crippen LogP contribution >= 0.6 is 11.6 Å². The smallest absolute Gasteiger partial charge is 0.257 e. The Morgan fingerprint density at radius 3 is 2.95 bits per heavy atom. The topological polar surface area (TPSA) is 58.6 Å². The lowest BCUT2D eigenvalue weighted by atomic mass is 10.2. The Labute approximate surface area is 135 Å². The van der Waals surface area contributed by atoms with Crippen LogP contribution in [0.15, 0.2) is 18.2 Å². The highest BCUT2D eigenvalue weighted by atomic mass is 35.5. The summed E-state index contributed by atoms with van der Waals surface area (Å²) in [5, 5.41) is 3.44. The zero-order chi connectivity index (χ0) is 15.9. The number of carbonyl (C=O) groups is 2. The van der Waals surface area contributed by atoms with E-state index in [1.54, 1.807) is 18.2 Å². The van der Waals surface area contributed by atoms with Gasteiger partial charge in [-0.25, -0.2) is 0 Å². The highest BCUT2D eigenvalue weighted by molar-refractivity contribution is 6.30. The van der Waals surface area contributed by atoms with Crippen LogP contribution in [0.25, 0.3) is 0 Å². The van der Waals surface area contributed by atoms with Crippen molar-refractivity contribution in [3.05, 3.63) is 28.8 Å². The molecule has 0 saturated carbocycles. The maximum atomic E-state index is 11.7. The number of aryl methyl sites for hydroxylation is 1. The van der Waals surface area contributed by atoms with Gasteiger partial charge in [-0.15, -0.1) is 0 Å². The molecule has 5 nitrogen and oxygen atoms in total. The minimum absolute atomic E-state index is 0.0227. The summed E-state index contributed by atoms with van der Waals surface area (Å²) in [5.41, 5.74) is 0.896. The van der Waals surface area contributed by atoms with Crippen LogP contribution in [0, 0.1) is 6.92 Å². The number of benzene rings is 1. The van der Waals surface area contributed by atoms with Gasteiger partial charge in [0.25, 0.3) is 5.91 Å². The summed E-state index contributed by atoms with van der Waals surface area (Å²) in [6.07, 6.45) is 2.36. The Bertz CT molecular complexity index is 548. The second-order valence-electron chi connectivity index (χ2n) is 5.39. The fraction of sp³-hybridized carbons (Fsp3) is 0.500. The standard InChI is InChI=1S/C16H21ClN2O3/c1-12-10-13(17)5-6-14(12)22-11-15(20)18-7-3-9-19-8-2-4-16(19)21/h5-6,10H,2-4,7-9,11H2,1H3,(H,18,20). The molecule has 22 heavy (non-hydrogen) atoms. The maximum absolute atomic E-state index is 11.7. The predicted molar refractivity (Wildman–Crippen MR) is 85.1 cm³/mol. The van der Waals surface area contributed by atoms with Crippen LogP contribution in [0.3, 0.4) is 0 Å². The van der Waals surface area contributed by atoms with Crippen molar-refractivity contribution in [1.29, 1.82) is 0 Å². The molecule has 1 aliphatic heterocycles. The first-order valence-electron chi connectivity index (χ1n) is 7.49. The van der Waals surface area contributed by atoms with E-state index in [1.165, 1.54) is 0 Å². The van der Waals surface area contributed by atoms with Crippen molar-refractivity contribution in [3.8, 4) is 5.75 Å². The van der Waals surface area contributed by atoms with Crippen molar-refractivity contribution < 1.29 is 14.3 Å². The summed E-state index contributed by atoms with van der Waals surface area (Å²) in [7, 11) is 0. The third-order valence-corrected chi connectivity index (χ3v) is 3.83. The molecule has 1 saturated heterocycles.